The van der Waals surface area contributed by atoms with Crippen LogP contribution < -0.4 is 5.32 Å². The fourth-order valence-electron chi connectivity index (χ4n) is 1.59. The molecule has 0 aromatic heterocycles. The van der Waals surface area contributed by atoms with Crippen molar-refractivity contribution in [3.63, 3.8) is 0 Å². The van der Waals surface area contributed by atoms with Crippen LogP contribution in [0.25, 0.3) is 0 Å². The molecule has 0 spiro atoms. The molecule has 4 heteroatoms. The summed E-state index contributed by atoms with van der Waals surface area (Å²) in [5.74, 6) is -0.248. The van der Waals surface area contributed by atoms with Gasteiger partial charge in [0.2, 0.25) is 0 Å². The van der Waals surface area contributed by atoms with E-state index in [1.807, 2.05) is 31.2 Å². The van der Waals surface area contributed by atoms with Crippen molar-refractivity contribution in [1.82, 2.24) is 0 Å². The van der Waals surface area contributed by atoms with Crippen molar-refractivity contribution in [3.8, 4) is 0 Å². The van der Waals surface area contributed by atoms with E-state index in [0.29, 0.717) is 6.61 Å². The van der Waals surface area contributed by atoms with Crippen LogP contribution in [0.15, 0.2) is 24.3 Å². The van der Waals surface area contributed by atoms with Gasteiger partial charge in [-0.05, 0) is 38.5 Å². The standard InChI is InChI=1S/C14H21NO3/c1-5-18-14(16)10(2)15-13-8-6-7-12(9-13)11(3)17-4/h6-11,15H,5H2,1-4H3/t10-,11+/m1/s1. The minimum Gasteiger partial charge on any atom is -0.464 e. The Morgan fingerprint density at radius 3 is 2.72 bits per heavy atom. The summed E-state index contributed by atoms with van der Waals surface area (Å²) in [7, 11) is 1.67. The molecule has 0 saturated heterocycles. The second kappa shape index (κ2) is 7.01. The highest BCUT2D eigenvalue weighted by atomic mass is 16.5. The quantitative estimate of drug-likeness (QED) is 0.790. The second-order valence-corrected chi connectivity index (χ2v) is 4.12. The van der Waals surface area contributed by atoms with Gasteiger partial charge in [-0.2, -0.15) is 0 Å². The Hall–Kier alpha value is -1.55. The molecule has 0 fully saturated rings. The molecule has 0 aliphatic rings. The topological polar surface area (TPSA) is 47.6 Å². The maximum Gasteiger partial charge on any atom is 0.328 e. The molecule has 0 aliphatic carbocycles. The number of rotatable bonds is 6. The molecule has 0 saturated carbocycles. The highest BCUT2D eigenvalue weighted by molar-refractivity contribution is 5.78. The Kier molecular flexibility index (Phi) is 5.65. The highest BCUT2D eigenvalue weighted by Gasteiger charge is 2.13. The van der Waals surface area contributed by atoms with Gasteiger partial charge in [-0.1, -0.05) is 12.1 Å². The van der Waals surface area contributed by atoms with E-state index >= 15 is 0 Å². The number of nitrogens with one attached hydrogen (secondary N) is 1. The minimum atomic E-state index is -0.363. The van der Waals surface area contributed by atoms with Crippen molar-refractivity contribution in [1.29, 1.82) is 0 Å². The maximum atomic E-state index is 11.5. The molecular formula is C14H21NO3. The third-order valence-electron chi connectivity index (χ3n) is 2.73. The Labute approximate surface area is 108 Å². The molecule has 1 N–H and O–H groups in total. The zero-order valence-corrected chi connectivity index (χ0v) is 11.4. The summed E-state index contributed by atoms with van der Waals surface area (Å²) in [6.45, 7) is 5.95. The summed E-state index contributed by atoms with van der Waals surface area (Å²) in [6.07, 6.45) is 0.0321. The molecule has 18 heavy (non-hydrogen) atoms. The van der Waals surface area contributed by atoms with Gasteiger partial charge in [0, 0.05) is 12.8 Å². The zero-order chi connectivity index (χ0) is 13.5. The zero-order valence-electron chi connectivity index (χ0n) is 11.4. The Morgan fingerprint density at radius 1 is 1.39 bits per heavy atom. The van der Waals surface area contributed by atoms with Crippen LogP contribution in [0.5, 0.6) is 0 Å². The highest BCUT2D eigenvalue weighted by Crippen LogP contribution is 2.20. The molecule has 0 radical (unpaired) electrons. The summed E-state index contributed by atoms with van der Waals surface area (Å²) in [6, 6.07) is 7.46. The normalized spacial score (nSPS) is 13.8. The first-order chi connectivity index (χ1) is 8.58. The largest absolute Gasteiger partial charge is 0.464 e. The fourth-order valence-corrected chi connectivity index (χ4v) is 1.59. The van der Waals surface area contributed by atoms with Gasteiger partial charge in [0.1, 0.15) is 6.04 Å². The number of carbonyl (C=O) groups is 1. The van der Waals surface area contributed by atoms with Crippen LogP contribution in [0.2, 0.25) is 0 Å². The van der Waals surface area contributed by atoms with Gasteiger partial charge in [0.05, 0.1) is 12.7 Å². The molecule has 4 nitrogen and oxygen atoms in total. The van der Waals surface area contributed by atoms with Crippen LogP contribution in [0.1, 0.15) is 32.4 Å². The number of ether oxygens (including phenoxy) is 2. The van der Waals surface area contributed by atoms with E-state index in [1.54, 1.807) is 21.0 Å². The van der Waals surface area contributed by atoms with Gasteiger partial charge in [0.15, 0.2) is 0 Å². The van der Waals surface area contributed by atoms with Crippen LogP contribution in [-0.4, -0.2) is 25.7 Å². The van der Waals surface area contributed by atoms with Gasteiger partial charge in [-0.3, -0.25) is 0 Å². The monoisotopic (exact) mass is 251 g/mol. The lowest BCUT2D eigenvalue weighted by Gasteiger charge is -2.16. The molecule has 1 aromatic carbocycles. The predicted molar refractivity (Wildman–Crippen MR) is 71.6 cm³/mol. The maximum absolute atomic E-state index is 11.5. The Balaban J connectivity index is 2.70. The average Bonchev–Trinajstić information content (AvgIpc) is 2.38. The summed E-state index contributed by atoms with van der Waals surface area (Å²) >= 11 is 0. The van der Waals surface area contributed by atoms with Crippen molar-refractivity contribution in [2.45, 2.75) is 32.9 Å². The summed E-state index contributed by atoms with van der Waals surface area (Å²) in [5, 5.41) is 3.12. The van der Waals surface area contributed by atoms with E-state index < -0.39 is 0 Å². The van der Waals surface area contributed by atoms with Gasteiger partial charge >= 0.3 is 5.97 Å². The lowest BCUT2D eigenvalue weighted by Crippen LogP contribution is -2.28. The van der Waals surface area contributed by atoms with Crippen LogP contribution in [-0.2, 0) is 14.3 Å². The van der Waals surface area contributed by atoms with E-state index in [9.17, 15) is 4.79 Å². The number of hydrogen-bond donors (Lipinski definition) is 1. The summed E-state index contributed by atoms with van der Waals surface area (Å²) < 4.78 is 10.2. The molecule has 0 amide bonds. The van der Waals surface area contributed by atoms with Crippen molar-refractivity contribution in [3.05, 3.63) is 29.8 Å². The molecule has 0 heterocycles. The third kappa shape index (κ3) is 4.04. The summed E-state index contributed by atoms with van der Waals surface area (Å²) in [5.41, 5.74) is 1.95. The Bertz CT molecular complexity index is 392. The Morgan fingerprint density at radius 2 is 2.11 bits per heavy atom. The van der Waals surface area contributed by atoms with Gasteiger partial charge in [0.25, 0.3) is 0 Å². The lowest BCUT2D eigenvalue weighted by molar-refractivity contribution is -0.143. The smallest absolute Gasteiger partial charge is 0.328 e. The summed E-state index contributed by atoms with van der Waals surface area (Å²) in [4.78, 5) is 11.5. The fraction of sp³-hybridized carbons (Fsp3) is 0.500. The molecular weight excluding hydrogens is 230 g/mol. The van der Waals surface area contributed by atoms with Crippen LogP contribution in [0.3, 0.4) is 0 Å². The van der Waals surface area contributed by atoms with Crippen molar-refractivity contribution < 1.29 is 14.3 Å². The average molecular weight is 251 g/mol. The molecule has 0 unspecified atom stereocenters. The van der Waals surface area contributed by atoms with Crippen LogP contribution in [0, 0.1) is 0 Å². The number of anilines is 1. The van der Waals surface area contributed by atoms with Gasteiger partial charge in [-0.15, -0.1) is 0 Å². The van der Waals surface area contributed by atoms with Crippen molar-refractivity contribution >= 4 is 11.7 Å². The van der Waals surface area contributed by atoms with E-state index in [4.69, 9.17) is 9.47 Å². The molecule has 2 atom stereocenters. The molecule has 100 valence electrons. The molecule has 0 bridgehead atoms. The number of hydrogen-bond acceptors (Lipinski definition) is 4. The number of carbonyl (C=O) groups excluding carboxylic acids is 1. The van der Waals surface area contributed by atoms with Crippen molar-refractivity contribution in [2.24, 2.45) is 0 Å². The third-order valence-corrected chi connectivity index (χ3v) is 2.73. The SMILES string of the molecule is CCOC(=O)[C@@H](C)Nc1cccc([C@H](C)OC)c1. The first-order valence-corrected chi connectivity index (χ1v) is 6.14. The van der Waals surface area contributed by atoms with E-state index in [2.05, 4.69) is 5.32 Å². The molecule has 1 rings (SSSR count). The van der Waals surface area contributed by atoms with E-state index in [-0.39, 0.29) is 18.1 Å². The van der Waals surface area contributed by atoms with Gasteiger partial charge < -0.3 is 14.8 Å². The van der Waals surface area contributed by atoms with Crippen LogP contribution in [0.4, 0.5) is 5.69 Å². The molecule has 1 aromatic rings. The van der Waals surface area contributed by atoms with Gasteiger partial charge in [-0.25, -0.2) is 4.79 Å². The minimum absolute atomic E-state index is 0.0321. The first kappa shape index (κ1) is 14.5. The predicted octanol–water partition coefficient (Wildman–Crippen LogP) is 2.76. The van der Waals surface area contributed by atoms with E-state index in [1.165, 1.54) is 0 Å². The number of esters is 1. The number of methoxy groups -OCH3 is 1. The van der Waals surface area contributed by atoms with Crippen molar-refractivity contribution in [2.75, 3.05) is 19.0 Å². The lowest BCUT2D eigenvalue weighted by atomic mass is 10.1. The first-order valence-electron chi connectivity index (χ1n) is 6.14. The van der Waals surface area contributed by atoms with Crippen LogP contribution >= 0.6 is 0 Å². The molecule has 0 aliphatic heterocycles. The second-order valence-electron chi connectivity index (χ2n) is 4.12. The van der Waals surface area contributed by atoms with E-state index in [0.717, 1.165) is 11.3 Å². The number of benzene rings is 1.